The van der Waals surface area contributed by atoms with Gasteiger partial charge in [-0.15, -0.1) is 0 Å². The number of ketones is 1. The molecule has 7 nitrogen and oxygen atoms in total. The maximum atomic E-state index is 13.9. The van der Waals surface area contributed by atoms with Crippen LogP contribution in [0.4, 0.5) is 0 Å². The first-order chi connectivity index (χ1) is 20.5. The van der Waals surface area contributed by atoms with Gasteiger partial charge in [0.2, 0.25) is 0 Å². The summed E-state index contributed by atoms with van der Waals surface area (Å²) in [5, 5.41) is 2.00. The Kier molecular flexibility index (Phi) is 6.31. The third-order valence-electron chi connectivity index (χ3n) is 9.65. The van der Waals surface area contributed by atoms with Gasteiger partial charge in [0.1, 0.15) is 28.7 Å². The lowest BCUT2D eigenvalue weighted by Crippen LogP contribution is -2.45. The third kappa shape index (κ3) is 3.40. The minimum Gasteiger partial charge on any atom is -0.497 e. The molecule has 3 atom stereocenters. The minimum atomic E-state index is -0.548. The van der Waals surface area contributed by atoms with Crippen molar-refractivity contribution in [1.29, 1.82) is 0 Å². The van der Waals surface area contributed by atoms with Gasteiger partial charge in [-0.3, -0.25) is 4.79 Å². The van der Waals surface area contributed by atoms with E-state index in [0.29, 0.717) is 23.5 Å². The maximum Gasteiger partial charge on any atom is 0.188 e. The van der Waals surface area contributed by atoms with E-state index in [4.69, 9.17) is 28.4 Å². The molecule has 42 heavy (non-hydrogen) atoms. The molecule has 0 aliphatic heterocycles. The SMILES string of the molecule is COCOc1ccc2c3c(ccc(OC)c13)[C@]13c4cccc(OC)c4C(=O)C[C@H]1CCc1c(OC)cc(OC)cc1C23. The number of Topliss-reactive ketones (excluding diaryl/α,β-unsaturated/α-hetero) is 1. The van der Waals surface area contributed by atoms with Crippen molar-refractivity contribution in [2.75, 3.05) is 42.3 Å². The Bertz CT molecular complexity index is 1740. The lowest BCUT2D eigenvalue weighted by molar-refractivity contribution is 0.0521. The van der Waals surface area contributed by atoms with Gasteiger partial charge in [0.25, 0.3) is 0 Å². The van der Waals surface area contributed by atoms with Crippen LogP contribution in [-0.4, -0.2) is 48.1 Å². The molecule has 0 N–H and O–H groups in total. The molecule has 1 unspecified atom stereocenters. The lowest BCUT2D eigenvalue weighted by atomic mass is 9.54. The van der Waals surface area contributed by atoms with E-state index in [2.05, 4.69) is 24.3 Å². The molecule has 4 aromatic rings. The van der Waals surface area contributed by atoms with Gasteiger partial charge in [0.15, 0.2) is 12.6 Å². The van der Waals surface area contributed by atoms with E-state index in [1.807, 2.05) is 30.3 Å². The van der Waals surface area contributed by atoms with E-state index in [1.165, 1.54) is 5.56 Å². The van der Waals surface area contributed by atoms with Gasteiger partial charge in [-0.25, -0.2) is 0 Å². The van der Waals surface area contributed by atoms with Gasteiger partial charge in [0.05, 0.1) is 39.4 Å². The van der Waals surface area contributed by atoms with Crippen molar-refractivity contribution < 1.29 is 33.2 Å². The Hall–Kier alpha value is -4.23. The highest BCUT2D eigenvalue weighted by atomic mass is 16.7. The number of methoxy groups -OCH3 is 5. The predicted octanol–water partition coefficient (Wildman–Crippen LogP) is 6.44. The molecule has 0 fully saturated rings. The molecule has 1 spiro atoms. The van der Waals surface area contributed by atoms with Crippen molar-refractivity contribution in [2.24, 2.45) is 5.92 Å². The van der Waals surface area contributed by atoms with E-state index < -0.39 is 5.41 Å². The van der Waals surface area contributed by atoms with Crippen LogP contribution in [0.25, 0.3) is 10.8 Å². The second-order valence-electron chi connectivity index (χ2n) is 11.2. The van der Waals surface area contributed by atoms with Crippen LogP contribution in [0.5, 0.6) is 28.7 Å². The van der Waals surface area contributed by atoms with Crippen molar-refractivity contribution >= 4 is 16.6 Å². The van der Waals surface area contributed by atoms with Gasteiger partial charge >= 0.3 is 0 Å². The maximum absolute atomic E-state index is 13.9. The summed E-state index contributed by atoms with van der Waals surface area (Å²) in [7, 11) is 8.32. The van der Waals surface area contributed by atoms with Crippen molar-refractivity contribution in [3.05, 3.63) is 88.0 Å². The summed E-state index contributed by atoms with van der Waals surface area (Å²) in [4.78, 5) is 13.9. The zero-order valence-electron chi connectivity index (χ0n) is 24.5. The molecule has 0 saturated carbocycles. The Morgan fingerprint density at radius 1 is 0.762 bits per heavy atom. The van der Waals surface area contributed by atoms with Crippen LogP contribution < -0.4 is 23.7 Å². The number of ether oxygens (including phenoxy) is 6. The topological polar surface area (TPSA) is 72.5 Å². The van der Waals surface area contributed by atoms with Crippen LogP contribution in [0.3, 0.4) is 0 Å². The van der Waals surface area contributed by atoms with E-state index in [0.717, 1.165) is 63.1 Å². The van der Waals surface area contributed by atoms with Crippen LogP contribution in [0.1, 0.15) is 56.9 Å². The summed E-state index contributed by atoms with van der Waals surface area (Å²) >= 11 is 0. The second-order valence-corrected chi connectivity index (χ2v) is 11.2. The second kappa shape index (κ2) is 9.95. The van der Waals surface area contributed by atoms with E-state index in [-0.39, 0.29) is 24.4 Å². The van der Waals surface area contributed by atoms with Crippen molar-refractivity contribution in [3.8, 4) is 28.7 Å². The van der Waals surface area contributed by atoms with Crippen molar-refractivity contribution in [3.63, 3.8) is 0 Å². The lowest BCUT2D eigenvalue weighted by Gasteiger charge is -2.47. The van der Waals surface area contributed by atoms with Gasteiger partial charge in [-0.1, -0.05) is 24.3 Å². The quantitative estimate of drug-likeness (QED) is 0.239. The molecule has 0 amide bonds. The van der Waals surface area contributed by atoms with Gasteiger partial charge in [-0.05, 0) is 76.2 Å². The first-order valence-electron chi connectivity index (χ1n) is 14.2. The molecule has 0 heterocycles. The van der Waals surface area contributed by atoms with Gasteiger partial charge in [0, 0.05) is 30.9 Å². The molecule has 3 aliphatic rings. The van der Waals surface area contributed by atoms with Crippen LogP contribution in [0, 0.1) is 5.92 Å². The van der Waals surface area contributed by atoms with Crippen molar-refractivity contribution in [1.82, 2.24) is 0 Å². The highest BCUT2D eigenvalue weighted by molar-refractivity contribution is 6.07. The summed E-state index contributed by atoms with van der Waals surface area (Å²) in [6.45, 7) is 0.116. The van der Waals surface area contributed by atoms with Crippen LogP contribution in [0.15, 0.2) is 54.6 Å². The van der Waals surface area contributed by atoms with Gasteiger partial charge in [-0.2, -0.15) is 0 Å². The number of carbonyl (C=O) groups is 1. The van der Waals surface area contributed by atoms with Crippen LogP contribution in [-0.2, 0) is 16.6 Å². The number of rotatable bonds is 7. The Morgan fingerprint density at radius 3 is 2.29 bits per heavy atom. The fourth-order valence-corrected chi connectivity index (χ4v) is 8.18. The third-order valence-corrected chi connectivity index (χ3v) is 9.65. The first kappa shape index (κ1) is 26.7. The normalized spacial score (nSPS) is 21.5. The Balaban J connectivity index is 1.67. The molecule has 216 valence electrons. The fraction of sp³-hybridized carbons (Fsp3) is 0.343. The highest BCUT2D eigenvalue weighted by Crippen LogP contribution is 2.67. The molecule has 7 heteroatoms. The summed E-state index contributed by atoms with van der Waals surface area (Å²) in [5.74, 6) is 3.61. The summed E-state index contributed by atoms with van der Waals surface area (Å²) in [6.07, 6.45) is 2.04. The average Bonchev–Trinajstić information content (AvgIpc) is 3.23. The Labute approximate surface area is 245 Å². The van der Waals surface area contributed by atoms with Crippen LogP contribution in [0.2, 0.25) is 0 Å². The molecule has 0 aromatic heterocycles. The zero-order chi connectivity index (χ0) is 29.2. The molecular formula is C35H34O7. The summed E-state index contributed by atoms with van der Waals surface area (Å²) in [5.41, 5.74) is 5.77. The Morgan fingerprint density at radius 2 is 1.55 bits per heavy atom. The summed E-state index contributed by atoms with van der Waals surface area (Å²) in [6, 6.07) is 18.6. The summed E-state index contributed by atoms with van der Waals surface area (Å²) < 4.78 is 34.9. The first-order valence-corrected chi connectivity index (χ1v) is 14.2. The number of benzene rings is 4. The molecular weight excluding hydrogens is 532 g/mol. The molecule has 0 radical (unpaired) electrons. The molecule has 3 aliphatic carbocycles. The molecule has 0 bridgehead atoms. The standard InChI is InChI=1S/C35H34O7/c1-37-18-42-29-13-11-22-31-25(12-14-28(40-4)33(29)31)35-19(15-26(36)32-24(35)7-6-8-27(32)39-3)9-10-21-23(34(22)35)16-20(38-2)17-30(21)41-5/h6-8,11-14,16-17,19,34H,9-10,15,18H2,1-5H3/t19-,34?,35-/m1/s1. The largest absolute Gasteiger partial charge is 0.497 e. The fourth-order valence-electron chi connectivity index (χ4n) is 8.18. The highest BCUT2D eigenvalue weighted by Gasteiger charge is 2.60. The molecule has 4 aromatic carbocycles. The molecule has 0 saturated heterocycles. The molecule has 7 rings (SSSR count). The monoisotopic (exact) mass is 566 g/mol. The van der Waals surface area contributed by atoms with Gasteiger partial charge < -0.3 is 28.4 Å². The number of hydrogen-bond donors (Lipinski definition) is 0. The van der Waals surface area contributed by atoms with E-state index in [9.17, 15) is 4.79 Å². The smallest absolute Gasteiger partial charge is 0.188 e. The van der Waals surface area contributed by atoms with E-state index in [1.54, 1.807) is 35.5 Å². The van der Waals surface area contributed by atoms with Crippen LogP contribution >= 0.6 is 0 Å². The number of fused-ring (bicyclic) bond motifs is 4. The zero-order valence-corrected chi connectivity index (χ0v) is 24.5. The van der Waals surface area contributed by atoms with E-state index >= 15 is 0 Å². The minimum absolute atomic E-state index is 0.0324. The number of carbonyl (C=O) groups excluding carboxylic acids is 1. The average molecular weight is 567 g/mol. The number of hydrogen-bond acceptors (Lipinski definition) is 7. The predicted molar refractivity (Wildman–Crippen MR) is 159 cm³/mol. The van der Waals surface area contributed by atoms with Crippen molar-refractivity contribution in [2.45, 2.75) is 30.6 Å².